The quantitative estimate of drug-likeness (QED) is 0.488. The molecule has 0 spiro atoms. The van der Waals surface area contributed by atoms with Crippen LogP contribution in [0.2, 0.25) is 0 Å². The first-order valence-electron chi connectivity index (χ1n) is 5.75. The minimum atomic E-state index is -1.35. The maximum Gasteiger partial charge on any atom is 0.337 e. The molecule has 0 aliphatic heterocycles. The highest BCUT2D eigenvalue weighted by Crippen LogP contribution is 2.32. The number of nitrogens with one attached hydrogen (secondary N) is 1. The van der Waals surface area contributed by atoms with Gasteiger partial charge in [-0.05, 0) is 75.3 Å². The summed E-state index contributed by atoms with van der Waals surface area (Å²) in [6.45, 7) is 1.79. The van der Waals surface area contributed by atoms with Gasteiger partial charge in [-0.1, -0.05) is 0 Å². The molecular weight excluding hydrogens is 459 g/mol. The van der Waals surface area contributed by atoms with Crippen LogP contribution in [0.25, 0.3) is 0 Å². The summed E-state index contributed by atoms with van der Waals surface area (Å²) in [6.07, 6.45) is 0. The fraction of sp³-hybridized carbons (Fsp3) is 0.0714. The maximum absolute atomic E-state index is 14.0. The van der Waals surface area contributed by atoms with E-state index in [0.717, 1.165) is 15.2 Å². The van der Waals surface area contributed by atoms with Gasteiger partial charge in [-0.2, -0.15) is 0 Å². The molecule has 0 aliphatic carbocycles. The number of carbonyl (C=O) groups is 1. The lowest BCUT2D eigenvalue weighted by molar-refractivity contribution is 0.0697. The minimum absolute atomic E-state index is 0.234. The van der Waals surface area contributed by atoms with Crippen LogP contribution < -0.4 is 5.32 Å². The van der Waals surface area contributed by atoms with Crippen molar-refractivity contribution < 1.29 is 18.7 Å². The molecule has 0 amide bonds. The third-order valence-electron chi connectivity index (χ3n) is 2.84. The number of halogens is 4. The van der Waals surface area contributed by atoms with Crippen LogP contribution in [0.5, 0.6) is 0 Å². The molecular formula is C14H9BrF2INO2. The van der Waals surface area contributed by atoms with Gasteiger partial charge in [-0.25, -0.2) is 13.6 Å². The summed E-state index contributed by atoms with van der Waals surface area (Å²) in [6, 6.07) is 6.34. The van der Waals surface area contributed by atoms with Gasteiger partial charge in [0.25, 0.3) is 0 Å². The lowest BCUT2D eigenvalue weighted by atomic mass is 10.1. The van der Waals surface area contributed by atoms with Gasteiger partial charge in [0, 0.05) is 9.26 Å². The Labute approximate surface area is 141 Å². The van der Waals surface area contributed by atoms with Gasteiger partial charge < -0.3 is 10.4 Å². The van der Waals surface area contributed by atoms with Crippen LogP contribution in [0.4, 0.5) is 20.2 Å². The molecule has 7 heteroatoms. The minimum Gasteiger partial charge on any atom is -0.478 e. The van der Waals surface area contributed by atoms with Crippen LogP contribution >= 0.6 is 38.5 Å². The molecule has 0 saturated carbocycles. The second-order valence-corrected chi connectivity index (χ2v) is 6.40. The molecule has 2 aromatic carbocycles. The number of anilines is 2. The number of aromatic carboxylic acids is 1. The van der Waals surface area contributed by atoms with Crippen molar-refractivity contribution in [2.75, 3.05) is 5.32 Å². The Bertz CT molecular complexity index is 737. The molecule has 0 bridgehead atoms. The van der Waals surface area contributed by atoms with Gasteiger partial charge in [0.15, 0.2) is 11.6 Å². The molecule has 2 aromatic rings. The van der Waals surface area contributed by atoms with Crippen LogP contribution in [0, 0.1) is 22.1 Å². The Hall–Kier alpha value is -1.22. The summed E-state index contributed by atoms with van der Waals surface area (Å²) in [7, 11) is 0. The van der Waals surface area contributed by atoms with E-state index in [4.69, 9.17) is 5.11 Å². The fourth-order valence-electron chi connectivity index (χ4n) is 1.79. The van der Waals surface area contributed by atoms with Crippen molar-refractivity contribution in [3.8, 4) is 0 Å². The first kappa shape index (κ1) is 16.2. The molecule has 0 aromatic heterocycles. The number of hydrogen-bond donors (Lipinski definition) is 2. The number of hydrogen-bond acceptors (Lipinski definition) is 2. The van der Waals surface area contributed by atoms with Gasteiger partial charge in [0.05, 0.1) is 15.7 Å². The Balaban J connectivity index is 2.57. The lowest BCUT2D eigenvalue weighted by Gasteiger charge is -2.14. The average molecular weight is 468 g/mol. The molecule has 0 radical (unpaired) electrons. The molecule has 0 unspecified atom stereocenters. The molecule has 0 fully saturated rings. The summed E-state index contributed by atoms with van der Waals surface area (Å²) < 4.78 is 28.4. The topological polar surface area (TPSA) is 49.3 Å². The van der Waals surface area contributed by atoms with Crippen LogP contribution in [0.3, 0.4) is 0 Å². The van der Waals surface area contributed by atoms with E-state index < -0.39 is 23.3 Å². The summed E-state index contributed by atoms with van der Waals surface area (Å²) >= 11 is 4.93. The van der Waals surface area contributed by atoms with Crippen LogP contribution in [-0.2, 0) is 0 Å². The average Bonchev–Trinajstić information content (AvgIpc) is 2.41. The predicted molar refractivity (Wildman–Crippen MR) is 88.2 cm³/mol. The third kappa shape index (κ3) is 3.34. The van der Waals surface area contributed by atoms with E-state index in [9.17, 15) is 13.6 Å². The first-order chi connectivity index (χ1) is 9.81. The lowest BCUT2D eigenvalue weighted by Crippen LogP contribution is -2.08. The van der Waals surface area contributed by atoms with E-state index in [-0.39, 0.29) is 10.0 Å². The summed E-state index contributed by atoms with van der Waals surface area (Å²) in [5.74, 6) is -3.72. The molecule has 110 valence electrons. The van der Waals surface area contributed by atoms with Crippen molar-refractivity contribution in [2.45, 2.75) is 6.92 Å². The zero-order valence-corrected chi connectivity index (χ0v) is 14.4. The van der Waals surface area contributed by atoms with Crippen LogP contribution in [0.1, 0.15) is 15.9 Å². The molecule has 0 saturated heterocycles. The van der Waals surface area contributed by atoms with Gasteiger partial charge >= 0.3 is 5.97 Å². The molecule has 2 rings (SSSR count). The Morgan fingerprint density at radius 2 is 1.95 bits per heavy atom. The van der Waals surface area contributed by atoms with Gasteiger partial charge in [-0.15, -0.1) is 0 Å². The van der Waals surface area contributed by atoms with Crippen molar-refractivity contribution in [3.05, 3.63) is 55.1 Å². The van der Waals surface area contributed by atoms with E-state index in [2.05, 4.69) is 43.8 Å². The predicted octanol–water partition coefficient (Wildman–Crippen LogP) is 5.08. The van der Waals surface area contributed by atoms with Gasteiger partial charge in [0.2, 0.25) is 0 Å². The standard InChI is InChI=1S/C14H9BrF2INO2/c1-6-4-7(18)2-3-10(6)19-13-8(14(20)21)5-9(15)11(16)12(13)17/h2-5,19H,1H3,(H,20,21). The molecule has 0 aliphatic rings. The van der Waals surface area contributed by atoms with Crippen molar-refractivity contribution in [1.82, 2.24) is 0 Å². The monoisotopic (exact) mass is 467 g/mol. The second kappa shape index (κ2) is 6.27. The molecule has 21 heavy (non-hydrogen) atoms. The van der Waals surface area contributed by atoms with Crippen LogP contribution in [-0.4, -0.2) is 11.1 Å². The van der Waals surface area contributed by atoms with Crippen molar-refractivity contribution in [1.29, 1.82) is 0 Å². The summed E-state index contributed by atoms with van der Waals surface area (Å²) in [5, 5.41) is 11.8. The molecule has 3 nitrogen and oxygen atoms in total. The van der Waals surface area contributed by atoms with E-state index in [0.29, 0.717) is 5.69 Å². The number of benzene rings is 2. The zero-order chi connectivity index (χ0) is 15.7. The van der Waals surface area contributed by atoms with E-state index >= 15 is 0 Å². The Kier molecular flexibility index (Phi) is 4.82. The van der Waals surface area contributed by atoms with E-state index in [1.807, 2.05) is 6.07 Å². The maximum atomic E-state index is 14.0. The summed E-state index contributed by atoms with van der Waals surface area (Å²) in [5.41, 5.74) is 0.561. The second-order valence-electron chi connectivity index (χ2n) is 4.30. The van der Waals surface area contributed by atoms with Crippen molar-refractivity contribution >= 4 is 55.9 Å². The third-order valence-corrected chi connectivity index (χ3v) is 4.09. The largest absolute Gasteiger partial charge is 0.478 e. The summed E-state index contributed by atoms with van der Waals surface area (Å²) in [4.78, 5) is 11.2. The number of carboxylic acids is 1. The molecule has 0 atom stereocenters. The molecule has 2 N–H and O–H groups in total. The highest BCUT2D eigenvalue weighted by Gasteiger charge is 2.21. The Morgan fingerprint density at radius 1 is 1.29 bits per heavy atom. The highest BCUT2D eigenvalue weighted by atomic mass is 127. The number of carboxylic acid groups (broad SMARTS) is 1. The SMILES string of the molecule is Cc1cc(I)ccc1Nc1c(C(=O)O)cc(Br)c(F)c1F. The first-order valence-corrected chi connectivity index (χ1v) is 7.62. The zero-order valence-electron chi connectivity index (χ0n) is 10.7. The van der Waals surface area contributed by atoms with E-state index in [1.54, 1.807) is 19.1 Å². The molecule has 0 heterocycles. The van der Waals surface area contributed by atoms with Crippen molar-refractivity contribution in [2.24, 2.45) is 0 Å². The van der Waals surface area contributed by atoms with Crippen molar-refractivity contribution in [3.63, 3.8) is 0 Å². The normalized spacial score (nSPS) is 10.5. The Morgan fingerprint density at radius 3 is 2.52 bits per heavy atom. The highest BCUT2D eigenvalue weighted by molar-refractivity contribution is 14.1. The van der Waals surface area contributed by atoms with Crippen LogP contribution in [0.15, 0.2) is 28.7 Å². The fourth-order valence-corrected chi connectivity index (χ4v) is 2.84. The smallest absolute Gasteiger partial charge is 0.337 e. The number of aryl methyl sites for hydroxylation is 1. The van der Waals surface area contributed by atoms with Gasteiger partial charge in [-0.3, -0.25) is 0 Å². The van der Waals surface area contributed by atoms with Gasteiger partial charge in [0.1, 0.15) is 0 Å². The van der Waals surface area contributed by atoms with E-state index in [1.165, 1.54) is 0 Å². The number of rotatable bonds is 3.